The Bertz CT molecular complexity index is 3180. The highest BCUT2D eigenvalue weighted by Crippen LogP contribution is 2.22. The van der Waals surface area contributed by atoms with Gasteiger partial charge < -0.3 is 89.9 Å². The van der Waals surface area contributed by atoms with Crippen LogP contribution in [0.1, 0.15) is 109 Å². The Hall–Kier alpha value is -9.94. The van der Waals surface area contributed by atoms with Crippen LogP contribution in [-0.2, 0) is 78.4 Å². The van der Waals surface area contributed by atoms with Crippen LogP contribution >= 0.6 is 0 Å². The number of H-pyrrole nitrogens is 2. The van der Waals surface area contributed by atoms with Gasteiger partial charge in [0.1, 0.15) is 60.1 Å². The molecule has 0 radical (unpaired) electrons. The van der Waals surface area contributed by atoms with E-state index < -0.39 is 144 Å². The second kappa shape index (κ2) is 36.2. The molecule has 1 fully saturated rings. The first-order chi connectivity index (χ1) is 44.1. The maximum atomic E-state index is 15.1. The van der Waals surface area contributed by atoms with Gasteiger partial charge in [0, 0.05) is 62.6 Å². The van der Waals surface area contributed by atoms with E-state index in [0.29, 0.717) is 35.4 Å². The summed E-state index contributed by atoms with van der Waals surface area (Å²) in [6, 6.07) is 0.810. The average molecular weight is 1300 g/mol. The number of amides is 9. The minimum Gasteiger partial charge on any atom is -0.508 e. The number of aliphatic imine (C=N–C) groups is 1. The lowest BCUT2D eigenvalue weighted by Gasteiger charge is -2.32. The summed E-state index contributed by atoms with van der Waals surface area (Å²) in [5, 5.41) is 50.8. The standard InChI is InChI=1S/C62H89N17O14/c1-7-35(6)51(78-56(87)44(25-37-17-19-40(80)20-18-37)74-58(89)50(34(4)5)77-53(84)42(15-11-21-68-62(64)65)71-52(83)41(63)28-49(81)82)59(90)75-46(27-39-30-67-32-70-39)60(91)79-22-12-16-48(79)57(88)73-43(24-36-13-9-8-10-14-36)54(85)72-45(26-38-29-66-31-69-38)55(86)76-47(61(92)93)23-33(2)3/h8-10,13-14,17-20,29-35,41-48,50-51,80H,7,11-12,15-16,21-28,63H2,1-6H3,(H,66,69)(H,67,70)(H,71,83)(H,72,85)(H,73,88)(H,74,89)(H,75,90)(H,76,86)(H,77,84)(H,78,87)(H,81,82)(H,92,93)(H4,64,65,68)/t35-,41-,42-,43-,44-,45+,46-,47-,48-,50-,51-/m0/s1. The fourth-order valence-electron chi connectivity index (χ4n) is 10.4. The van der Waals surface area contributed by atoms with Crippen molar-refractivity contribution in [2.45, 2.75) is 173 Å². The molecule has 5 rings (SSSR count). The van der Waals surface area contributed by atoms with Gasteiger partial charge in [-0.15, -0.1) is 0 Å². The molecule has 9 amide bonds. The van der Waals surface area contributed by atoms with Crippen molar-refractivity contribution < 1.29 is 68.1 Å². The molecule has 1 aliphatic heterocycles. The predicted molar refractivity (Wildman–Crippen MR) is 338 cm³/mol. The number of nitrogens with two attached hydrogens (primary N) is 3. The van der Waals surface area contributed by atoms with Crippen molar-refractivity contribution in [3.63, 3.8) is 0 Å². The molecule has 1 aliphatic rings. The number of guanidine groups is 1. The number of imidazole rings is 2. The maximum absolute atomic E-state index is 15.1. The molecule has 11 atom stereocenters. The smallest absolute Gasteiger partial charge is 0.326 e. The van der Waals surface area contributed by atoms with Gasteiger partial charge in [0.15, 0.2) is 5.96 Å². The molecule has 0 bridgehead atoms. The first-order valence-corrected chi connectivity index (χ1v) is 30.9. The topological polar surface area (TPSA) is 496 Å². The van der Waals surface area contributed by atoms with Gasteiger partial charge in [-0.3, -0.25) is 52.9 Å². The van der Waals surface area contributed by atoms with Crippen molar-refractivity contribution in [2.75, 3.05) is 13.1 Å². The Morgan fingerprint density at radius 1 is 0.624 bits per heavy atom. The molecule has 19 N–H and O–H groups in total. The number of carboxylic acids is 2. The van der Waals surface area contributed by atoms with E-state index in [1.54, 1.807) is 71.9 Å². The Kier molecular flexibility index (Phi) is 28.7. The van der Waals surface area contributed by atoms with Crippen molar-refractivity contribution in [3.8, 4) is 5.75 Å². The van der Waals surface area contributed by atoms with Crippen molar-refractivity contribution in [1.82, 2.24) is 67.4 Å². The molecule has 31 heteroatoms. The molecule has 93 heavy (non-hydrogen) atoms. The molecular formula is C62H89N17O14. The number of phenolic OH excluding ortho intramolecular Hbond substituents is 1. The van der Waals surface area contributed by atoms with Gasteiger partial charge in [-0.25, -0.2) is 14.8 Å². The first kappa shape index (κ1) is 73.8. The summed E-state index contributed by atoms with van der Waals surface area (Å²) in [4.78, 5) is 172. The summed E-state index contributed by atoms with van der Waals surface area (Å²) < 4.78 is 0. The van der Waals surface area contributed by atoms with Gasteiger partial charge in [-0.05, 0) is 73.1 Å². The number of rotatable bonds is 37. The number of carboxylic acid groups (broad SMARTS) is 2. The molecule has 0 aliphatic carbocycles. The molecule has 1 saturated heterocycles. The molecule has 2 aromatic heterocycles. The van der Waals surface area contributed by atoms with Crippen LogP contribution in [0, 0.1) is 17.8 Å². The summed E-state index contributed by atoms with van der Waals surface area (Å²) in [6.45, 7) is 10.4. The Morgan fingerprint density at radius 2 is 1.13 bits per heavy atom. The molecule has 506 valence electrons. The number of carbonyl (C=O) groups excluding carboxylic acids is 9. The van der Waals surface area contributed by atoms with Gasteiger partial charge in [0.05, 0.1) is 25.1 Å². The van der Waals surface area contributed by atoms with E-state index in [4.69, 9.17) is 17.2 Å². The van der Waals surface area contributed by atoms with Crippen molar-refractivity contribution in [3.05, 3.63) is 102 Å². The minimum atomic E-state index is -1.53. The van der Waals surface area contributed by atoms with Crippen LogP contribution < -0.4 is 59.7 Å². The number of hydrogen-bond acceptors (Lipinski definition) is 16. The number of benzene rings is 2. The van der Waals surface area contributed by atoms with E-state index in [2.05, 4.69) is 67.5 Å². The lowest BCUT2D eigenvalue weighted by atomic mass is 9.96. The van der Waals surface area contributed by atoms with E-state index in [0.717, 1.165) is 0 Å². The number of aromatic nitrogens is 4. The molecule has 0 spiro atoms. The molecule has 4 aromatic rings. The summed E-state index contributed by atoms with van der Waals surface area (Å²) in [6.07, 6.45) is 5.26. The predicted octanol–water partition coefficient (Wildman–Crippen LogP) is -1.33. The summed E-state index contributed by atoms with van der Waals surface area (Å²) in [5.74, 6) is -11.7. The third-order valence-corrected chi connectivity index (χ3v) is 15.6. The van der Waals surface area contributed by atoms with Crippen molar-refractivity contribution >= 4 is 71.1 Å². The van der Waals surface area contributed by atoms with Crippen LogP contribution in [0.2, 0.25) is 0 Å². The molecule has 0 saturated carbocycles. The quantitative estimate of drug-likeness (QED) is 0.0141. The van der Waals surface area contributed by atoms with Gasteiger partial charge in [-0.2, -0.15) is 0 Å². The number of nitrogens with one attached hydrogen (secondary N) is 10. The second-order valence-electron chi connectivity index (χ2n) is 23.9. The van der Waals surface area contributed by atoms with E-state index >= 15 is 4.79 Å². The Labute approximate surface area is 538 Å². The number of hydrogen-bond donors (Lipinski definition) is 16. The van der Waals surface area contributed by atoms with Gasteiger partial charge >= 0.3 is 11.9 Å². The zero-order valence-electron chi connectivity index (χ0n) is 53.1. The average Bonchev–Trinajstić information content (AvgIpc) is 1.81. The summed E-state index contributed by atoms with van der Waals surface area (Å²) in [7, 11) is 0. The highest BCUT2D eigenvalue weighted by Gasteiger charge is 2.42. The van der Waals surface area contributed by atoms with Gasteiger partial charge in [0.2, 0.25) is 53.2 Å². The number of aromatic amines is 2. The van der Waals surface area contributed by atoms with Crippen LogP contribution in [0.5, 0.6) is 5.75 Å². The number of aliphatic carboxylic acids is 2. The highest BCUT2D eigenvalue weighted by molar-refractivity contribution is 5.99. The van der Waals surface area contributed by atoms with Crippen LogP contribution in [0.3, 0.4) is 0 Å². The Balaban J connectivity index is 1.40. The fraction of sp³-hybridized carbons (Fsp3) is 0.516. The zero-order chi connectivity index (χ0) is 68.5. The Morgan fingerprint density at radius 3 is 1.68 bits per heavy atom. The van der Waals surface area contributed by atoms with Gasteiger partial charge in [0.25, 0.3) is 0 Å². The lowest BCUT2D eigenvalue weighted by molar-refractivity contribution is -0.143. The van der Waals surface area contributed by atoms with Crippen LogP contribution in [0.15, 0.2) is 84.6 Å². The number of carbonyl (C=O) groups is 11. The van der Waals surface area contributed by atoms with E-state index in [1.807, 2.05) is 0 Å². The van der Waals surface area contributed by atoms with Crippen molar-refractivity contribution in [1.29, 1.82) is 0 Å². The van der Waals surface area contributed by atoms with E-state index in [9.17, 15) is 63.3 Å². The molecule has 31 nitrogen and oxygen atoms in total. The first-order valence-electron chi connectivity index (χ1n) is 30.9. The SMILES string of the molecule is CC[C@H](C)[C@H](NC(=O)[C@H](Cc1ccc(O)cc1)NC(=O)[C@@H](NC(=O)[C@H](CCCN=C(N)N)NC(=O)[C@@H](N)CC(=O)O)C(C)C)C(=O)N[C@@H](Cc1cnc[nH]1)C(=O)N1CCC[C@H]1C(=O)N[C@@H](Cc1ccccc1)C(=O)N[C@H](Cc1cnc[nH]1)C(=O)N[C@@H](CC(C)C)C(=O)O. The molecule has 0 unspecified atom stereocenters. The zero-order valence-corrected chi connectivity index (χ0v) is 53.1. The normalized spacial score (nSPS) is 16.1. The number of likely N-dealkylation sites (tertiary alicyclic amines) is 1. The van der Waals surface area contributed by atoms with Gasteiger partial charge in [-0.1, -0.05) is 90.4 Å². The fourth-order valence-corrected chi connectivity index (χ4v) is 10.4. The number of nitrogens with zero attached hydrogens (tertiary/aromatic N) is 4. The molecular weight excluding hydrogens is 1210 g/mol. The summed E-state index contributed by atoms with van der Waals surface area (Å²) >= 11 is 0. The number of phenols is 1. The monoisotopic (exact) mass is 1300 g/mol. The largest absolute Gasteiger partial charge is 0.508 e. The maximum Gasteiger partial charge on any atom is 0.326 e. The third-order valence-electron chi connectivity index (χ3n) is 15.6. The van der Waals surface area contributed by atoms with Crippen LogP contribution in [0.25, 0.3) is 0 Å². The molecule has 3 heterocycles. The second-order valence-corrected chi connectivity index (χ2v) is 23.9. The highest BCUT2D eigenvalue weighted by atomic mass is 16.4. The van der Waals surface area contributed by atoms with Crippen LogP contribution in [-0.4, -0.2) is 185 Å². The number of aromatic hydroxyl groups is 1. The van der Waals surface area contributed by atoms with E-state index in [1.165, 1.54) is 54.2 Å². The van der Waals surface area contributed by atoms with Crippen molar-refractivity contribution in [2.24, 2.45) is 39.9 Å². The summed E-state index contributed by atoms with van der Waals surface area (Å²) in [5.41, 5.74) is 18.7. The molecule has 2 aromatic carbocycles. The minimum absolute atomic E-state index is 0.0425. The lowest BCUT2D eigenvalue weighted by Crippen LogP contribution is -2.62. The third kappa shape index (κ3) is 23.7. The van der Waals surface area contributed by atoms with Crippen LogP contribution in [0.4, 0.5) is 0 Å². The van der Waals surface area contributed by atoms with E-state index in [-0.39, 0.29) is 82.1 Å².